The van der Waals surface area contributed by atoms with Gasteiger partial charge in [-0.25, -0.2) is 0 Å². The van der Waals surface area contributed by atoms with Gasteiger partial charge in [0.1, 0.15) is 0 Å². The molecule has 0 radical (unpaired) electrons. The van der Waals surface area contributed by atoms with Crippen LogP contribution in [0, 0.1) is 0 Å². The topological polar surface area (TPSA) is 33.1 Å². The monoisotopic (exact) mass is 250 g/mol. The average Bonchev–Trinajstić information content (AvgIpc) is 2.80. The zero-order chi connectivity index (χ0) is 12.8. The molecule has 2 rings (SSSR count). The molecule has 2 heterocycles. The summed E-state index contributed by atoms with van der Waals surface area (Å²) < 4.78 is 2.16. The molecule has 0 aromatic carbocycles. The summed E-state index contributed by atoms with van der Waals surface area (Å²) in [7, 11) is 2.05. The quantitative estimate of drug-likeness (QED) is 0.836. The predicted molar refractivity (Wildman–Crippen MR) is 74.5 cm³/mol. The largest absolute Gasteiger partial charge is 0.318 e. The molecule has 1 saturated heterocycles. The highest BCUT2D eigenvalue weighted by molar-refractivity contribution is 5.01. The number of nitrogens with zero attached hydrogens (tertiary/aromatic N) is 3. The Kier molecular flexibility index (Phi) is 5.20. The molecule has 1 aromatic rings. The lowest BCUT2D eigenvalue weighted by molar-refractivity contribution is 0.135. The molecule has 4 heteroatoms. The molecule has 0 aliphatic carbocycles. The second-order valence-corrected chi connectivity index (χ2v) is 5.22. The number of likely N-dealkylation sites (tertiary alicyclic amines) is 1. The van der Waals surface area contributed by atoms with Crippen LogP contribution in [0.15, 0.2) is 12.3 Å². The molecule has 0 bridgehead atoms. The number of likely N-dealkylation sites (N-methyl/N-ethyl adjacent to an activating group) is 1. The Morgan fingerprint density at radius 2 is 2.33 bits per heavy atom. The number of hydrogen-bond acceptors (Lipinski definition) is 3. The second kappa shape index (κ2) is 6.90. The van der Waals surface area contributed by atoms with E-state index in [4.69, 9.17) is 0 Å². The highest BCUT2D eigenvalue weighted by atomic mass is 15.3. The number of aryl methyl sites for hydroxylation is 1. The van der Waals surface area contributed by atoms with Crippen LogP contribution in [0.3, 0.4) is 0 Å². The van der Waals surface area contributed by atoms with Crippen molar-refractivity contribution in [2.24, 2.45) is 0 Å². The van der Waals surface area contributed by atoms with E-state index in [-0.39, 0.29) is 0 Å². The lowest BCUT2D eigenvalue weighted by atomic mass is 10.0. The summed E-state index contributed by atoms with van der Waals surface area (Å²) in [6, 6.07) is 2.86. The molecule has 1 unspecified atom stereocenters. The Balaban J connectivity index is 1.99. The Morgan fingerprint density at radius 1 is 1.44 bits per heavy atom. The maximum absolute atomic E-state index is 4.42. The lowest BCUT2D eigenvalue weighted by Crippen LogP contribution is -2.44. The summed E-state index contributed by atoms with van der Waals surface area (Å²) in [4.78, 5) is 2.61. The van der Waals surface area contributed by atoms with Gasteiger partial charge in [-0.3, -0.25) is 9.58 Å². The standard InChI is InChI=1S/C14H26N4/c1-3-9-18-14(7-8-16-18)12-17-10-5-4-6-13(17)11-15-2/h7-8,13,15H,3-6,9-12H2,1-2H3. The average molecular weight is 250 g/mol. The van der Waals surface area contributed by atoms with Crippen molar-refractivity contribution in [3.8, 4) is 0 Å². The molecule has 1 N–H and O–H groups in total. The van der Waals surface area contributed by atoms with Gasteiger partial charge in [-0.15, -0.1) is 0 Å². The van der Waals surface area contributed by atoms with Crippen molar-refractivity contribution in [3.63, 3.8) is 0 Å². The minimum Gasteiger partial charge on any atom is -0.318 e. The van der Waals surface area contributed by atoms with Gasteiger partial charge in [0, 0.05) is 31.9 Å². The van der Waals surface area contributed by atoms with Crippen molar-refractivity contribution in [2.45, 2.75) is 51.7 Å². The first-order chi connectivity index (χ1) is 8.85. The van der Waals surface area contributed by atoms with Crippen LogP contribution in [0.4, 0.5) is 0 Å². The van der Waals surface area contributed by atoms with Crippen molar-refractivity contribution in [1.82, 2.24) is 20.0 Å². The molecular weight excluding hydrogens is 224 g/mol. The number of aromatic nitrogens is 2. The first-order valence-electron chi connectivity index (χ1n) is 7.24. The number of hydrogen-bond donors (Lipinski definition) is 1. The third kappa shape index (κ3) is 3.33. The summed E-state index contributed by atoms with van der Waals surface area (Å²) in [6.45, 7) is 6.61. The summed E-state index contributed by atoms with van der Waals surface area (Å²) in [5.41, 5.74) is 1.36. The van der Waals surface area contributed by atoms with Crippen molar-refractivity contribution in [1.29, 1.82) is 0 Å². The zero-order valence-corrected chi connectivity index (χ0v) is 11.7. The van der Waals surface area contributed by atoms with Gasteiger partial charge >= 0.3 is 0 Å². The Labute approximate surface area is 110 Å². The van der Waals surface area contributed by atoms with Crippen LogP contribution >= 0.6 is 0 Å². The van der Waals surface area contributed by atoms with E-state index in [2.05, 4.69) is 33.0 Å². The summed E-state index contributed by atoms with van der Waals surface area (Å²) in [5, 5.41) is 7.74. The summed E-state index contributed by atoms with van der Waals surface area (Å²) in [6.07, 6.45) is 7.11. The predicted octanol–water partition coefficient (Wildman–Crippen LogP) is 1.87. The number of piperidine rings is 1. The maximum Gasteiger partial charge on any atom is 0.0524 e. The Morgan fingerprint density at radius 3 is 3.11 bits per heavy atom. The van der Waals surface area contributed by atoms with Gasteiger partial charge in [0.15, 0.2) is 0 Å². The summed E-state index contributed by atoms with van der Waals surface area (Å²) >= 11 is 0. The summed E-state index contributed by atoms with van der Waals surface area (Å²) in [5.74, 6) is 0. The maximum atomic E-state index is 4.42. The van der Waals surface area contributed by atoms with Crippen LogP contribution in [0.1, 0.15) is 38.3 Å². The highest BCUT2D eigenvalue weighted by Gasteiger charge is 2.22. The molecule has 0 amide bonds. The Bertz CT molecular complexity index is 345. The first-order valence-corrected chi connectivity index (χ1v) is 7.24. The van der Waals surface area contributed by atoms with Gasteiger partial charge in [-0.05, 0) is 38.9 Å². The molecule has 1 fully saturated rings. The molecule has 1 aliphatic heterocycles. The van der Waals surface area contributed by atoms with Gasteiger partial charge < -0.3 is 5.32 Å². The van der Waals surface area contributed by atoms with E-state index in [1.54, 1.807) is 0 Å². The fourth-order valence-corrected chi connectivity index (χ4v) is 2.85. The van der Waals surface area contributed by atoms with Crippen molar-refractivity contribution >= 4 is 0 Å². The lowest BCUT2D eigenvalue weighted by Gasteiger charge is -2.35. The zero-order valence-electron chi connectivity index (χ0n) is 11.7. The number of rotatable bonds is 6. The van der Waals surface area contributed by atoms with Gasteiger partial charge in [0.05, 0.1) is 5.69 Å². The SMILES string of the molecule is CCCn1nccc1CN1CCCCC1CNC. The van der Waals surface area contributed by atoms with Gasteiger partial charge in [-0.2, -0.15) is 5.10 Å². The van der Waals surface area contributed by atoms with E-state index in [0.29, 0.717) is 6.04 Å². The molecule has 1 aromatic heterocycles. The highest BCUT2D eigenvalue weighted by Crippen LogP contribution is 2.19. The molecule has 18 heavy (non-hydrogen) atoms. The molecule has 0 spiro atoms. The van der Waals surface area contributed by atoms with Crippen LogP contribution in [-0.4, -0.2) is 40.9 Å². The van der Waals surface area contributed by atoms with E-state index >= 15 is 0 Å². The van der Waals surface area contributed by atoms with Crippen LogP contribution in [0.25, 0.3) is 0 Å². The van der Waals surface area contributed by atoms with Crippen molar-refractivity contribution < 1.29 is 0 Å². The third-order valence-corrected chi connectivity index (χ3v) is 3.79. The molecule has 4 nitrogen and oxygen atoms in total. The minimum atomic E-state index is 0.689. The van der Waals surface area contributed by atoms with Crippen molar-refractivity contribution in [3.05, 3.63) is 18.0 Å². The minimum absolute atomic E-state index is 0.689. The smallest absolute Gasteiger partial charge is 0.0524 e. The van der Waals surface area contributed by atoms with Crippen LogP contribution < -0.4 is 5.32 Å². The van der Waals surface area contributed by atoms with E-state index in [0.717, 1.165) is 26.1 Å². The molecule has 1 atom stereocenters. The van der Waals surface area contributed by atoms with Crippen LogP contribution in [0.2, 0.25) is 0 Å². The van der Waals surface area contributed by atoms with E-state index in [1.165, 1.54) is 31.5 Å². The van der Waals surface area contributed by atoms with E-state index in [1.807, 2.05) is 13.2 Å². The van der Waals surface area contributed by atoms with E-state index in [9.17, 15) is 0 Å². The van der Waals surface area contributed by atoms with Gasteiger partial charge in [-0.1, -0.05) is 13.3 Å². The fourth-order valence-electron chi connectivity index (χ4n) is 2.85. The third-order valence-electron chi connectivity index (χ3n) is 3.79. The fraction of sp³-hybridized carbons (Fsp3) is 0.786. The molecular formula is C14H26N4. The molecule has 0 saturated carbocycles. The Hall–Kier alpha value is -0.870. The van der Waals surface area contributed by atoms with Crippen LogP contribution in [0.5, 0.6) is 0 Å². The molecule has 102 valence electrons. The van der Waals surface area contributed by atoms with Gasteiger partial charge in [0.25, 0.3) is 0 Å². The normalized spacial score (nSPS) is 21.3. The molecule has 1 aliphatic rings. The van der Waals surface area contributed by atoms with Crippen molar-refractivity contribution in [2.75, 3.05) is 20.1 Å². The second-order valence-electron chi connectivity index (χ2n) is 5.22. The van der Waals surface area contributed by atoms with Gasteiger partial charge in [0.2, 0.25) is 0 Å². The van der Waals surface area contributed by atoms with E-state index < -0.39 is 0 Å². The number of nitrogens with one attached hydrogen (secondary N) is 1. The first kappa shape index (κ1) is 13.6. The van der Waals surface area contributed by atoms with Crippen LogP contribution in [-0.2, 0) is 13.1 Å².